The molecule has 0 aliphatic carbocycles. The van der Waals surface area contributed by atoms with Gasteiger partial charge in [0.05, 0.1) is 12.3 Å². The molecule has 2 unspecified atom stereocenters. The number of hydrogen-bond acceptors (Lipinski definition) is 4. The largest absolute Gasteiger partial charge is 0.411 e. The number of oxime groups is 1. The molecule has 0 saturated carbocycles. The lowest BCUT2D eigenvalue weighted by Crippen LogP contribution is -2.36. The summed E-state index contributed by atoms with van der Waals surface area (Å²) in [4.78, 5) is 0. The summed E-state index contributed by atoms with van der Waals surface area (Å²) in [5.41, 5.74) is -0.627. The van der Waals surface area contributed by atoms with E-state index in [0.717, 1.165) is 0 Å². The Morgan fingerprint density at radius 3 is 2.33 bits per heavy atom. The Bertz CT molecular complexity index is 202. The topological polar surface area (TPSA) is 51.0 Å². The SMILES string of the molecule is CC1OC(C)(C)OC1(C)C=NO. The van der Waals surface area contributed by atoms with Gasteiger partial charge in [0.1, 0.15) is 5.60 Å². The maximum atomic E-state index is 8.41. The first kappa shape index (κ1) is 9.48. The molecule has 4 nitrogen and oxygen atoms in total. The van der Waals surface area contributed by atoms with Gasteiger partial charge in [-0.25, -0.2) is 0 Å². The molecule has 0 aromatic heterocycles. The van der Waals surface area contributed by atoms with Crippen LogP contribution in [0, 0.1) is 0 Å². The second-order valence-electron chi connectivity index (χ2n) is 3.69. The zero-order chi connectivity index (χ0) is 9.41. The molecule has 0 aromatic carbocycles. The third kappa shape index (κ3) is 1.59. The van der Waals surface area contributed by atoms with Crippen molar-refractivity contribution in [3.05, 3.63) is 0 Å². The lowest BCUT2D eigenvalue weighted by atomic mass is 10.0. The summed E-state index contributed by atoms with van der Waals surface area (Å²) in [5.74, 6) is -0.602. The zero-order valence-corrected chi connectivity index (χ0v) is 7.87. The smallest absolute Gasteiger partial charge is 0.164 e. The van der Waals surface area contributed by atoms with Crippen LogP contribution >= 0.6 is 0 Å². The van der Waals surface area contributed by atoms with Crippen molar-refractivity contribution in [3.63, 3.8) is 0 Å². The summed E-state index contributed by atoms with van der Waals surface area (Å²) >= 11 is 0. The van der Waals surface area contributed by atoms with Gasteiger partial charge in [0.15, 0.2) is 5.79 Å². The van der Waals surface area contributed by atoms with Crippen LogP contribution in [0.3, 0.4) is 0 Å². The molecule has 1 aliphatic rings. The molecule has 0 spiro atoms. The molecule has 0 radical (unpaired) electrons. The van der Waals surface area contributed by atoms with E-state index in [0.29, 0.717) is 0 Å². The average molecular weight is 173 g/mol. The molecule has 1 fully saturated rings. The summed E-state index contributed by atoms with van der Waals surface area (Å²) in [6.45, 7) is 7.38. The van der Waals surface area contributed by atoms with Crippen LogP contribution in [-0.2, 0) is 9.47 Å². The van der Waals surface area contributed by atoms with Crippen LogP contribution in [0.1, 0.15) is 27.7 Å². The Morgan fingerprint density at radius 2 is 2.00 bits per heavy atom. The Labute approximate surface area is 72.2 Å². The number of rotatable bonds is 1. The van der Waals surface area contributed by atoms with E-state index < -0.39 is 11.4 Å². The van der Waals surface area contributed by atoms with E-state index in [1.165, 1.54) is 6.21 Å². The molecular formula is C8H15NO3. The first-order valence-electron chi connectivity index (χ1n) is 3.96. The van der Waals surface area contributed by atoms with Crippen molar-refractivity contribution in [1.29, 1.82) is 0 Å². The Balaban J connectivity index is 2.81. The molecule has 12 heavy (non-hydrogen) atoms. The van der Waals surface area contributed by atoms with E-state index in [9.17, 15) is 0 Å². The van der Waals surface area contributed by atoms with Crippen LogP contribution in [0.4, 0.5) is 0 Å². The molecule has 2 atom stereocenters. The van der Waals surface area contributed by atoms with Gasteiger partial charge in [-0.3, -0.25) is 0 Å². The van der Waals surface area contributed by atoms with Crippen LogP contribution in [0.25, 0.3) is 0 Å². The second kappa shape index (κ2) is 2.71. The molecule has 1 rings (SSSR count). The molecule has 1 N–H and O–H groups in total. The average Bonchev–Trinajstić information content (AvgIpc) is 2.02. The van der Waals surface area contributed by atoms with Crippen molar-refractivity contribution in [2.45, 2.75) is 45.2 Å². The van der Waals surface area contributed by atoms with Gasteiger partial charge in [0, 0.05) is 0 Å². The summed E-state index contributed by atoms with van der Waals surface area (Å²) in [7, 11) is 0. The van der Waals surface area contributed by atoms with Gasteiger partial charge >= 0.3 is 0 Å². The number of nitrogens with zero attached hydrogens (tertiary/aromatic N) is 1. The molecule has 0 amide bonds. The van der Waals surface area contributed by atoms with E-state index in [1.807, 2.05) is 27.7 Å². The van der Waals surface area contributed by atoms with Crippen molar-refractivity contribution in [1.82, 2.24) is 0 Å². The third-order valence-corrected chi connectivity index (χ3v) is 2.05. The van der Waals surface area contributed by atoms with E-state index >= 15 is 0 Å². The van der Waals surface area contributed by atoms with E-state index in [4.69, 9.17) is 14.7 Å². The predicted octanol–water partition coefficient (Wildman–Crippen LogP) is 1.38. The Hall–Kier alpha value is -0.610. The monoisotopic (exact) mass is 173 g/mol. The van der Waals surface area contributed by atoms with Crippen molar-refractivity contribution in [3.8, 4) is 0 Å². The first-order valence-corrected chi connectivity index (χ1v) is 3.96. The Morgan fingerprint density at radius 1 is 1.42 bits per heavy atom. The molecule has 1 aliphatic heterocycles. The van der Waals surface area contributed by atoms with Crippen LogP contribution < -0.4 is 0 Å². The van der Waals surface area contributed by atoms with Crippen molar-refractivity contribution in [2.75, 3.05) is 0 Å². The van der Waals surface area contributed by atoms with Gasteiger partial charge in [-0.05, 0) is 27.7 Å². The predicted molar refractivity (Wildman–Crippen MR) is 44.4 cm³/mol. The maximum absolute atomic E-state index is 8.41. The summed E-state index contributed by atoms with van der Waals surface area (Å²) < 4.78 is 11.0. The van der Waals surface area contributed by atoms with Gasteiger partial charge in [-0.15, -0.1) is 0 Å². The van der Waals surface area contributed by atoms with Crippen LogP contribution in [0.2, 0.25) is 0 Å². The highest BCUT2D eigenvalue weighted by atomic mass is 16.8. The van der Waals surface area contributed by atoms with Crippen molar-refractivity contribution in [2.24, 2.45) is 5.16 Å². The molecule has 0 bridgehead atoms. The van der Waals surface area contributed by atoms with Crippen molar-refractivity contribution >= 4 is 6.21 Å². The van der Waals surface area contributed by atoms with E-state index in [-0.39, 0.29) is 6.10 Å². The second-order valence-corrected chi connectivity index (χ2v) is 3.69. The fraction of sp³-hybridized carbons (Fsp3) is 0.875. The molecule has 1 saturated heterocycles. The third-order valence-electron chi connectivity index (χ3n) is 2.05. The molecule has 1 heterocycles. The Kier molecular flexibility index (Phi) is 2.14. The van der Waals surface area contributed by atoms with Gasteiger partial charge < -0.3 is 14.7 Å². The van der Waals surface area contributed by atoms with Crippen molar-refractivity contribution < 1.29 is 14.7 Å². The fourth-order valence-electron chi connectivity index (χ4n) is 1.43. The molecular weight excluding hydrogens is 158 g/mol. The standard InChI is InChI=1S/C8H15NO3/c1-6-8(4,5-9-10)12-7(2,3)11-6/h5-6,10H,1-4H3. The highest BCUT2D eigenvalue weighted by Crippen LogP contribution is 2.34. The number of ether oxygens (including phenoxy) is 2. The highest BCUT2D eigenvalue weighted by Gasteiger charge is 2.47. The first-order chi connectivity index (χ1) is 5.40. The van der Waals surface area contributed by atoms with Crippen LogP contribution in [0.15, 0.2) is 5.16 Å². The molecule has 4 heteroatoms. The quantitative estimate of drug-likeness (QED) is 0.370. The van der Waals surface area contributed by atoms with E-state index in [2.05, 4.69) is 5.16 Å². The maximum Gasteiger partial charge on any atom is 0.164 e. The minimum Gasteiger partial charge on any atom is -0.411 e. The summed E-state index contributed by atoms with van der Waals surface area (Å²) in [5, 5.41) is 11.4. The minimum atomic E-state index is -0.627. The summed E-state index contributed by atoms with van der Waals surface area (Å²) in [6, 6.07) is 0. The van der Waals surface area contributed by atoms with Crippen LogP contribution in [-0.4, -0.2) is 28.9 Å². The lowest BCUT2D eigenvalue weighted by Gasteiger charge is -2.21. The fourth-order valence-corrected chi connectivity index (χ4v) is 1.43. The normalized spacial score (nSPS) is 40.8. The van der Waals surface area contributed by atoms with Gasteiger partial charge in [0.2, 0.25) is 0 Å². The van der Waals surface area contributed by atoms with Crippen LogP contribution in [0.5, 0.6) is 0 Å². The van der Waals surface area contributed by atoms with Gasteiger partial charge in [-0.2, -0.15) is 0 Å². The minimum absolute atomic E-state index is 0.108. The van der Waals surface area contributed by atoms with Gasteiger partial charge in [-0.1, -0.05) is 5.16 Å². The molecule has 70 valence electrons. The lowest BCUT2D eigenvalue weighted by molar-refractivity contribution is -0.149. The zero-order valence-electron chi connectivity index (χ0n) is 7.87. The van der Waals surface area contributed by atoms with Gasteiger partial charge in [0.25, 0.3) is 0 Å². The highest BCUT2D eigenvalue weighted by molar-refractivity contribution is 5.68. The summed E-state index contributed by atoms with van der Waals surface area (Å²) in [6.07, 6.45) is 1.25. The molecule has 0 aromatic rings. The van der Waals surface area contributed by atoms with E-state index in [1.54, 1.807) is 0 Å². The number of hydrogen-bond donors (Lipinski definition) is 1.